The van der Waals surface area contributed by atoms with Gasteiger partial charge in [-0.3, -0.25) is 4.79 Å². The van der Waals surface area contributed by atoms with Crippen molar-refractivity contribution in [3.63, 3.8) is 0 Å². The van der Waals surface area contributed by atoms with Crippen molar-refractivity contribution in [2.24, 2.45) is 5.92 Å². The Morgan fingerprint density at radius 1 is 1.29 bits per heavy atom. The third kappa shape index (κ3) is 1.74. The van der Waals surface area contributed by atoms with E-state index in [4.69, 9.17) is 0 Å². The van der Waals surface area contributed by atoms with Gasteiger partial charge in [0.1, 0.15) is 6.29 Å². The Kier molecular flexibility index (Phi) is 2.44. The standard InChI is InChI=1S/C12H12O2/c13-8-11(12(14)10-6-7-10)9-4-2-1-3-5-9/h1-5,8,10-11H,6-7H2. The molecule has 0 saturated heterocycles. The number of ketones is 1. The molecule has 1 unspecified atom stereocenters. The van der Waals surface area contributed by atoms with E-state index in [-0.39, 0.29) is 11.7 Å². The lowest BCUT2D eigenvalue weighted by Gasteiger charge is -2.07. The highest BCUT2D eigenvalue weighted by Crippen LogP contribution is 2.34. The number of benzene rings is 1. The van der Waals surface area contributed by atoms with E-state index < -0.39 is 5.92 Å². The van der Waals surface area contributed by atoms with E-state index in [1.807, 2.05) is 30.3 Å². The van der Waals surface area contributed by atoms with Crippen molar-refractivity contribution in [1.29, 1.82) is 0 Å². The Balaban J connectivity index is 2.20. The maximum Gasteiger partial charge on any atom is 0.150 e. The first-order valence-electron chi connectivity index (χ1n) is 4.87. The molecule has 1 aromatic rings. The van der Waals surface area contributed by atoms with E-state index in [1.165, 1.54) is 0 Å². The Bertz CT molecular complexity index is 339. The zero-order chi connectivity index (χ0) is 9.97. The quantitative estimate of drug-likeness (QED) is 0.534. The maximum atomic E-state index is 11.7. The van der Waals surface area contributed by atoms with Crippen LogP contribution in [0.25, 0.3) is 0 Å². The molecule has 0 N–H and O–H groups in total. The van der Waals surface area contributed by atoms with Crippen LogP contribution in [0.2, 0.25) is 0 Å². The molecule has 0 heterocycles. The number of hydrogen-bond donors (Lipinski definition) is 0. The lowest BCUT2D eigenvalue weighted by Crippen LogP contribution is -2.15. The molecule has 0 bridgehead atoms. The van der Waals surface area contributed by atoms with Gasteiger partial charge >= 0.3 is 0 Å². The van der Waals surface area contributed by atoms with Gasteiger partial charge in [-0.1, -0.05) is 30.3 Å². The molecule has 2 heteroatoms. The highest BCUT2D eigenvalue weighted by molar-refractivity contribution is 6.01. The van der Waals surface area contributed by atoms with Gasteiger partial charge in [-0.05, 0) is 18.4 Å². The first-order valence-corrected chi connectivity index (χ1v) is 4.87. The van der Waals surface area contributed by atoms with Crippen LogP contribution >= 0.6 is 0 Å². The van der Waals surface area contributed by atoms with Crippen LogP contribution in [-0.2, 0) is 9.59 Å². The zero-order valence-corrected chi connectivity index (χ0v) is 7.85. The van der Waals surface area contributed by atoms with Crippen molar-refractivity contribution in [2.45, 2.75) is 18.8 Å². The summed E-state index contributed by atoms with van der Waals surface area (Å²) in [6.07, 6.45) is 2.67. The van der Waals surface area contributed by atoms with Crippen LogP contribution in [0.3, 0.4) is 0 Å². The fourth-order valence-electron chi connectivity index (χ4n) is 1.59. The van der Waals surface area contributed by atoms with E-state index in [0.29, 0.717) is 0 Å². The van der Waals surface area contributed by atoms with Gasteiger partial charge in [-0.15, -0.1) is 0 Å². The van der Waals surface area contributed by atoms with Gasteiger partial charge in [0.2, 0.25) is 0 Å². The molecule has 1 aliphatic rings. The lowest BCUT2D eigenvalue weighted by molar-refractivity contribution is -0.125. The molecule has 1 fully saturated rings. The van der Waals surface area contributed by atoms with Crippen molar-refractivity contribution in [1.82, 2.24) is 0 Å². The van der Waals surface area contributed by atoms with Crippen LogP contribution in [0.5, 0.6) is 0 Å². The van der Waals surface area contributed by atoms with Gasteiger partial charge in [0, 0.05) is 5.92 Å². The average Bonchev–Trinajstić information content (AvgIpc) is 3.03. The first kappa shape index (κ1) is 9.13. The van der Waals surface area contributed by atoms with Crippen LogP contribution in [0.15, 0.2) is 30.3 Å². The van der Waals surface area contributed by atoms with E-state index >= 15 is 0 Å². The number of hydrogen-bond acceptors (Lipinski definition) is 2. The molecular weight excluding hydrogens is 176 g/mol. The molecule has 0 radical (unpaired) electrons. The summed E-state index contributed by atoms with van der Waals surface area (Å²) in [6.45, 7) is 0. The summed E-state index contributed by atoms with van der Waals surface area (Å²) in [5, 5.41) is 0. The monoisotopic (exact) mass is 188 g/mol. The second-order valence-electron chi connectivity index (χ2n) is 3.70. The van der Waals surface area contributed by atoms with Gasteiger partial charge in [-0.25, -0.2) is 0 Å². The molecular formula is C12H12O2. The summed E-state index contributed by atoms with van der Waals surface area (Å²) in [7, 11) is 0. The van der Waals surface area contributed by atoms with Crippen molar-refractivity contribution in [3.05, 3.63) is 35.9 Å². The van der Waals surface area contributed by atoms with Crippen molar-refractivity contribution >= 4 is 12.1 Å². The van der Waals surface area contributed by atoms with Crippen molar-refractivity contribution in [2.75, 3.05) is 0 Å². The predicted octanol–water partition coefficient (Wildman–Crippen LogP) is 1.95. The summed E-state index contributed by atoms with van der Waals surface area (Å²) < 4.78 is 0. The molecule has 1 aliphatic carbocycles. The van der Waals surface area contributed by atoms with Gasteiger partial charge in [0.25, 0.3) is 0 Å². The molecule has 14 heavy (non-hydrogen) atoms. The molecule has 2 nitrogen and oxygen atoms in total. The van der Waals surface area contributed by atoms with Gasteiger partial charge in [0.05, 0.1) is 5.92 Å². The van der Waals surface area contributed by atoms with Crippen LogP contribution < -0.4 is 0 Å². The lowest BCUT2D eigenvalue weighted by atomic mass is 9.94. The Labute approximate surface area is 82.9 Å². The molecule has 1 aromatic carbocycles. The topological polar surface area (TPSA) is 34.1 Å². The number of Topliss-reactive ketones (excluding diaryl/α,β-unsaturated/α-hetero) is 1. The number of carbonyl (C=O) groups is 2. The SMILES string of the molecule is O=CC(C(=O)C1CC1)c1ccccc1. The third-order valence-electron chi connectivity index (χ3n) is 2.58. The minimum absolute atomic E-state index is 0.0891. The molecule has 0 spiro atoms. The van der Waals surface area contributed by atoms with Gasteiger partial charge in [0.15, 0.2) is 5.78 Å². The van der Waals surface area contributed by atoms with E-state index in [9.17, 15) is 9.59 Å². The van der Waals surface area contributed by atoms with Crippen LogP contribution in [0.1, 0.15) is 24.3 Å². The first-order chi connectivity index (χ1) is 6.83. The fraction of sp³-hybridized carbons (Fsp3) is 0.333. The average molecular weight is 188 g/mol. The predicted molar refractivity (Wildman–Crippen MR) is 53.0 cm³/mol. The fourth-order valence-corrected chi connectivity index (χ4v) is 1.59. The Morgan fingerprint density at radius 3 is 2.43 bits per heavy atom. The molecule has 1 atom stereocenters. The van der Waals surface area contributed by atoms with Crippen LogP contribution in [0.4, 0.5) is 0 Å². The van der Waals surface area contributed by atoms with Gasteiger partial charge < -0.3 is 4.79 Å². The molecule has 0 aliphatic heterocycles. The molecule has 2 rings (SSSR count). The maximum absolute atomic E-state index is 11.7. The normalized spacial score (nSPS) is 17.4. The zero-order valence-electron chi connectivity index (χ0n) is 7.85. The summed E-state index contributed by atoms with van der Waals surface area (Å²) in [4.78, 5) is 22.6. The summed E-state index contributed by atoms with van der Waals surface area (Å²) in [5.74, 6) is -0.305. The summed E-state index contributed by atoms with van der Waals surface area (Å²) >= 11 is 0. The number of aldehydes is 1. The Hall–Kier alpha value is -1.44. The van der Waals surface area contributed by atoms with Crippen molar-refractivity contribution in [3.8, 4) is 0 Å². The second kappa shape index (κ2) is 3.74. The highest BCUT2D eigenvalue weighted by atomic mass is 16.1. The number of carbonyl (C=O) groups excluding carboxylic acids is 2. The largest absolute Gasteiger partial charge is 0.302 e. The third-order valence-corrected chi connectivity index (χ3v) is 2.58. The van der Waals surface area contributed by atoms with Gasteiger partial charge in [-0.2, -0.15) is 0 Å². The van der Waals surface area contributed by atoms with E-state index in [0.717, 1.165) is 24.7 Å². The number of rotatable bonds is 4. The van der Waals surface area contributed by atoms with Crippen LogP contribution in [0, 0.1) is 5.92 Å². The summed E-state index contributed by atoms with van der Waals surface area (Å²) in [6, 6.07) is 9.25. The van der Waals surface area contributed by atoms with E-state index in [2.05, 4.69) is 0 Å². The second-order valence-corrected chi connectivity index (χ2v) is 3.70. The van der Waals surface area contributed by atoms with Crippen molar-refractivity contribution < 1.29 is 9.59 Å². The highest BCUT2D eigenvalue weighted by Gasteiger charge is 2.35. The smallest absolute Gasteiger partial charge is 0.150 e. The van der Waals surface area contributed by atoms with Crippen LogP contribution in [-0.4, -0.2) is 12.1 Å². The molecule has 0 aromatic heterocycles. The molecule has 72 valence electrons. The minimum atomic E-state index is -0.538. The minimum Gasteiger partial charge on any atom is -0.302 e. The van der Waals surface area contributed by atoms with E-state index in [1.54, 1.807) is 0 Å². The molecule has 1 saturated carbocycles. The molecule has 0 amide bonds. The Morgan fingerprint density at radius 2 is 1.93 bits per heavy atom. The summed E-state index contributed by atoms with van der Waals surface area (Å²) in [5.41, 5.74) is 0.819.